The number of rotatable bonds is 3. The molecule has 1 aromatic carbocycles. The van der Waals surface area contributed by atoms with Gasteiger partial charge in [-0.2, -0.15) is 0 Å². The van der Waals surface area contributed by atoms with Crippen molar-refractivity contribution >= 4 is 40.4 Å². The van der Waals surface area contributed by atoms with E-state index in [2.05, 4.69) is 4.98 Å². The summed E-state index contributed by atoms with van der Waals surface area (Å²) in [5.74, 6) is 0.121. The molecule has 1 aliphatic rings. The molecule has 1 atom stereocenters. The zero-order chi connectivity index (χ0) is 15.9. The van der Waals surface area contributed by atoms with Crippen LogP contribution in [0.2, 0.25) is 5.02 Å². The largest absolute Gasteiger partial charge is 0.466 e. The highest BCUT2D eigenvalue weighted by Crippen LogP contribution is 2.37. The number of carbonyl (C=O) groups excluding carboxylic acids is 1. The molecule has 8 heteroatoms. The van der Waals surface area contributed by atoms with Crippen LogP contribution in [0, 0.1) is 0 Å². The maximum atomic E-state index is 12.3. The normalized spacial score (nSPS) is 16.7. The Morgan fingerprint density at radius 3 is 3.00 bits per heavy atom. The van der Waals surface area contributed by atoms with Gasteiger partial charge in [0.25, 0.3) is 0 Å². The molecule has 0 saturated carbocycles. The topological polar surface area (TPSA) is 81.2 Å². The van der Waals surface area contributed by atoms with Crippen molar-refractivity contribution in [1.29, 1.82) is 0 Å². The van der Waals surface area contributed by atoms with Crippen molar-refractivity contribution in [1.82, 2.24) is 9.55 Å². The summed E-state index contributed by atoms with van der Waals surface area (Å²) in [6.45, 7) is 2.01. The summed E-state index contributed by atoms with van der Waals surface area (Å²) in [5, 5.41) is 0.486. The van der Waals surface area contributed by atoms with E-state index in [0.29, 0.717) is 21.8 Å². The first-order chi connectivity index (χ1) is 10.5. The van der Waals surface area contributed by atoms with Gasteiger partial charge in [-0.3, -0.25) is 19.0 Å². The second kappa shape index (κ2) is 5.81. The first-order valence-electron chi connectivity index (χ1n) is 6.77. The summed E-state index contributed by atoms with van der Waals surface area (Å²) in [5.41, 5.74) is -0.278. The van der Waals surface area contributed by atoms with Crippen molar-refractivity contribution in [3.05, 3.63) is 37.9 Å². The van der Waals surface area contributed by atoms with Gasteiger partial charge in [0.15, 0.2) is 0 Å². The highest BCUT2D eigenvalue weighted by Gasteiger charge is 2.27. The van der Waals surface area contributed by atoms with E-state index in [1.54, 1.807) is 19.1 Å². The molecule has 0 radical (unpaired) electrons. The minimum absolute atomic E-state index is 0.0569. The maximum Gasteiger partial charge on any atom is 0.317 e. The second-order valence-corrected chi connectivity index (χ2v) is 6.40. The number of nitrogens with zero attached hydrogens (tertiary/aromatic N) is 1. The lowest BCUT2D eigenvalue weighted by atomic mass is 10.2. The molecule has 6 nitrogen and oxygen atoms in total. The van der Waals surface area contributed by atoms with Crippen molar-refractivity contribution in [2.45, 2.75) is 24.3 Å². The van der Waals surface area contributed by atoms with E-state index in [-0.39, 0.29) is 19.0 Å². The van der Waals surface area contributed by atoms with Gasteiger partial charge >= 0.3 is 17.1 Å². The third kappa shape index (κ3) is 2.55. The monoisotopic (exact) mass is 340 g/mol. The van der Waals surface area contributed by atoms with Gasteiger partial charge in [-0.15, -0.1) is 11.8 Å². The number of hydrogen-bond donors (Lipinski definition) is 1. The Labute approximate surface area is 134 Å². The minimum atomic E-state index is -0.721. The van der Waals surface area contributed by atoms with Crippen LogP contribution < -0.4 is 11.1 Å². The van der Waals surface area contributed by atoms with Crippen LogP contribution in [0.5, 0.6) is 0 Å². The van der Waals surface area contributed by atoms with Gasteiger partial charge in [0.2, 0.25) is 0 Å². The smallest absolute Gasteiger partial charge is 0.317 e. The Morgan fingerprint density at radius 1 is 1.50 bits per heavy atom. The summed E-state index contributed by atoms with van der Waals surface area (Å²) in [4.78, 5) is 39.2. The standard InChI is InChI=1S/C14H13ClN2O4S/c1-2-21-11(18)5-8-6-22-10-4-7(15)3-9-12(10)17(8)14(20)13(19)16-9/h3-4,8H,2,5-6H2,1H3,(H,16,19). The van der Waals surface area contributed by atoms with E-state index in [0.717, 1.165) is 4.90 Å². The molecule has 116 valence electrons. The van der Waals surface area contributed by atoms with Crippen molar-refractivity contribution in [2.75, 3.05) is 12.4 Å². The van der Waals surface area contributed by atoms with Crippen LogP contribution in [0.25, 0.3) is 11.0 Å². The number of aromatic amines is 1. The van der Waals surface area contributed by atoms with Gasteiger partial charge in [0, 0.05) is 15.7 Å². The van der Waals surface area contributed by atoms with Crippen LogP contribution in [0.3, 0.4) is 0 Å². The van der Waals surface area contributed by atoms with Crippen LogP contribution in [0.1, 0.15) is 19.4 Å². The lowest BCUT2D eigenvalue weighted by molar-refractivity contribution is -0.143. The van der Waals surface area contributed by atoms with Crippen molar-refractivity contribution < 1.29 is 9.53 Å². The van der Waals surface area contributed by atoms with E-state index in [1.807, 2.05) is 0 Å². The molecule has 1 N–H and O–H groups in total. The van der Waals surface area contributed by atoms with Crippen molar-refractivity contribution in [3.63, 3.8) is 0 Å². The summed E-state index contributed by atoms with van der Waals surface area (Å²) in [6, 6.07) is 2.95. The first-order valence-corrected chi connectivity index (χ1v) is 8.14. The molecule has 1 aliphatic heterocycles. The SMILES string of the molecule is CCOC(=O)CC1CSc2cc(Cl)cc3[nH]c(=O)c(=O)n1c23. The third-order valence-electron chi connectivity index (χ3n) is 3.45. The highest BCUT2D eigenvalue weighted by molar-refractivity contribution is 7.99. The molecule has 22 heavy (non-hydrogen) atoms. The predicted octanol–water partition coefficient (Wildman–Crippen LogP) is 1.94. The Kier molecular flexibility index (Phi) is 4.01. The number of hydrogen-bond acceptors (Lipinski definition) is 5. The number of ether oxygens (including phenoxy) is 1. The number of carbonyl (C=O) groups is 1. The van der Waals surface area contributed by atoms with E-state index in [9.17, 15) is 14.4 Å². The zero-order valence-electron chi connectivity index (χ0n) is 11.7. The molecule has 2 aromatic rings. The van der Waals surface area contributed by atoms with Gasteiger partial charge in [0.05, 0.1) is 30.1 Å². The summed E-state index contributed by atoms with van der Waals surface area (Å²) in [7, 11) is 0. The molecular weight excluding hydrogens is 328 g/mol. The molecule has 2 heterocycles. The summed E-state index contributed by atoms with van der Waals surface area (Å²) >= 11 is 7.54. The van der Waals surface area contributed by atoms with Crippen molar-refractivity contribution in [3.8, 4) is 0 Å². The molecular formula is C14H13ClN2O4S. The molecule has 0 amide bonds. The Hall–Kier alpha value is -1.73. The van der Waals surface area contributed by atoms with Gasteiger partial charge in [-0.1, -0.05) is 11.6 Å². The number of benzene rings is 1. The molecule has 0 spiro atoms. The quantitative estimate of drug-likeness (QED) is 0.682. The number of thioether (sulfide) groups is 1. The maximum absolute atomic E-state index is 12.3. The van der Waals surface area contributed by atoms with Crippen LogP contribution in [0.4, 0.5) is 0 Å². The van der Waals surface area contributed by atoms with E-state index in [4.69, 9.17) is 16.3 Å². The fourth-order valence-corrected chi connectivity index (χ4v) is 4.06. The molecule has 0 bridgehead atoms. The second-order valence-electron chi connectivity index (χ2n) is 4.90. The lowest BCUT2D eigenvalue weighted by Gasteiger charge is -2.26. The van der Waals surface area contributed by atoms with E-state index >= 15 is 0 Å². The van der Waals surface area contributed by atoms with Gasteiger partial charge in [-0.25, -0.2) is 0 Å². The Bertz CT molecular complexity index is 873. The van der Waals surface area contributed by atoms with Gasteiger partial charge < -0.3 is 9.72 Å². The van der Waals surface area contributed by atoms with Crippen LogP contribution in [-0.2, 0) is 9.53 Å². The number of halogens is 1. The molecule has 1 aromatic heterocycles. The Balaban J connectivity index is 2.20. The van der Waals surface area contributed by atoms with Gasteiger partial charge in [0.1, 0.15) is 0 Å². The average molecular weight is 341 g/mol. The minimum Gasteiger partial charge on any atom is -0.466 e. The summed E-state index contributed by atoms with van der Waals surface area (Å²) in [6.07, 6.45) is 0.0569. The third-order valence-corrected chi connectivity index (χ3v) is 4.84. The van der Waals surface area contributed by atoms with E-state index < -0.39 is 17.2 Å². The molecule has 1 unspecified atom stereocenters. The lowest BCUT2D eigenvalue weighted by Crippen LogP contribution is -2.41. The van der Waals surface area contributed by atoms with Crippen LogP contribution in [0.15, 0.2) is 26.6 Å². The molecule has 0 aliphatic carbocycles. The first kappa shape index (κ1) is 15.2. The zero-order valence-corrected chi connectivity index (χ0v) is 13.3. The van der Waals surface area contributed by atoms with E-state index in [1.165, 1.54) is 16.3 Å². The fourth-order valence-electron chi connectivity index (χ4n) is 2.59. The molecule has 3 rings (SSSR count). The number of esters is 1. The molecule has 0 saturated heterocycles. The van der Waals surface area contributed by atoms with Gasteiger partial charge in [-0.05, 0) is 19.1 Å². The van der Waals surface area contributed by atoms with Crippen LogP contribution in [-0.4, -0.2) is 27.9 Å². The average Bonchev–Trinajstić information content (AvgIpc) is 2.45. The Morgan fingerprint density at radius 2 is 2.27 bits per heavy atom. The number of H-pyrrole nitrogens is 1. The predicted molar refractivity (Wildman–Crippen MR) is 84.8 cm³/mol. The van der Waals surface area contributed by atoms with Crippen molar-refractivity contribution in [2.24, 2.45) is 0 Å². The highest BCUT2D eigenvalue weighted by atomic mass is 35.5. The van der Waals surface area contributed by atoms with Crippen LogP contribution >= 0.6 is 23.4 Å². The fraction of sp³-hybridized carbons (Fsp3) is 0.357. The summed E-state index contributed by atoms with van der Waals surface area (Å²) < 4.78 is 6.34. The number of aromatic nitrogens is 2. The number of nitrogens with one attached hydrogen (secondary N) is 1. The molecule has 0 fully saturated rings.